The highest BCUT2D eigenvalue weighted by Gasteiger charge is 2.48. The maximum Gasteiger partial charge on any atom is 0.124 e. The van der Waals surface area contributed by atoms with Gasteiger partial charge in [0.1, 0.15) is 5.82 Å². The van der Waals surface area contributed by atoms with Crippen LogP contribution in [0.15, 0.2) is 30.5 Å². The van der Waals surface area contributed by atoms with E-state index < -0.39 is 0 Å². The van der Waals surface area contributed by atoms with E-state index in [-0.39, 0.29) is 18.2 Å². The fraction of sp³-hybridized carbons (Fsp3) is 0.400. The third-order valence-corrected chi connectivity index (χ3v) is 4.42. The molecule has 2 fully saturated rings. The van der Waals surface area contributed by atoms with E-state index in [0.29, 0.717) is 11.5 Å². The molecule has 2 N–H and O–H groups in total. The van der Waals surface area contributed by atoms with Crippen molar-refractivity contribution in [2.45, 2.75) is 18.9 Å². The Kier molecular flexibility index (Phi) is 3.30. The highest BCUT2D eigenvalue weighted by molar-refractivity contribution is 5.91. The molecule has 1 aromatic carbocycles. The number of nitrogens with one attached hydrogen (secondary N) is 2. The molecule has 0 bridgehead atoms. The number of nitrogens with zero attached hydrogens (tertiary/aromatic N) is 1. The number of rotatable bonds is 2. The molecular weight excluding hydrogens is 277 g/mol. The molecular formula is C15H17ClFN3. The topological polar surface area (TPSA) is 37.0 Å². The fourth-order valence-corrected chi connectivity index (χ4v) is 3.32. The van der Waals surface area contributed by atoms with Crippen molar-refractivity contribution in [1.82, 2.24) is 10.3 Å². The van der Waals surface area contributed by atoms with Crippen LogP contribution in [0.25, 0.3) is 10.9 Å². The molecule has 0 atom stereocenters. The summed E-state index contributed by atoms with van der Waals surface area (Å²) in [6.07, 6.45) is 4.19. The zero-order chi connectivity index (χ0) is 12.9. The van der Waals surface area contributed by atoms with E-state index in [1.54, 1.807) is 18.3 Å². The average Bonchev–Trinajstić information content (AvgIpc) is 2.31. The predicted octanol–water partition coefficient (Wildman–Crippen LogP) is 2.96. The molecule has 4 rings (SSSR count). The largest absolute Gasteiger partial charge is 0.382 e. The van der Waals surface area contributed by atoms with Gasteiger partial charge in [-0.15, -0.1) is 12.4 Å². The summed E-state index contributed by atoms with van der Waals surface area (Å²) in [4.78, 5) is 4.27. The first-order valence-corrected chi connectivity index (χ1v) is 6.76. The number of pyridine rings is 1. The van der Waals surface area contributed by atoms with Crippen LogP contribution in [-0.4, -0.2) is 24.1 Å². The smallest absolute Gasteiger partial charge is 0.124 e. The summed E-state index contributed by atoms with van der Waals surface area (Å²) in [6, 6.07) is 7.19. The van der Waals surface area contributed by atoms with Crippen molar-refractivity contribution in [3.05, 3.63) is 36.3 Å². The Hall–Kier alpha value is -1.39. The van der Waals surface area contributed by atoms with Gasteiger partial charge in [-0.25, -0.2) is 4.39 Å². The molecule has 1 saturated carbocycles. The molecule has 3 nitrogen and oxygen atoms in total. The number of hydrogen-bond donors (Lipinski definition) is 2. The average molecular weight is 294 g/mol. The minimum absolute atomic E-state index is 0. The number of aromatic nitrogens is 1. The van der Waals surface area contributed by atoms with Gasteiger partial charge in [-0.1, -0.05) is 0 Å². The van der Waals surface area contributed by atoms with Gasteiger partial charge in [-0.05, 0) is 42.5 Å². The summed E-state index contributed by atoms with van der Waals surface area (Å²) in [6.45, 7) is 2.30. The minimum Gasteiger partial charge on any atom is -0.382 e. The fourth-order valence-electron chi connectivity index (χ4n) is 3.32. The van der Waals surface area contributed by atoms with Crippen LogP contribution in [0.1, 0.15) is 12.8 Å². The number of benzene rings is 1. The molecule has 0 radical (unpaired) electrons. The molecule has 1 aliphatic carbocycles. The number of hydrogen-bond acceptors (Lipinski definition) is 3. The van der Waals surface area contributed by atoms with Gasteiger partial charge < -0.3 is 10.6 Å². The summed E-state index contributed by atoms with van der Waals surface area (Å²) >= 11 is 0. The van der Waals surface area contributed by atoms with E-state index in [1.807, 2.05) is 6.07 Å². The van der Waals surface area contributed by atoms with Crippen LogP contribution in [0.3, 0.4) is 0 Å². The van der Waals surface area contributed by atoms with E-state index >= 15 is 0 Å². The molecule has 106 valence electrons. The summed E-state index contributed by atoms with van der Waals surface area (Å²) < 4.78 is 13.4. The summed E-state index contributed by atoms with van der Waals surface area (Å²) in [5.74, 6) is -0.211. The summed E-state index contributed by atoms with van der Waals surface area (Å²) in [5, 5.41) is 7.75. The van der Waals surface area contributed by atoms with Gasteiger partial charge in [0.05, 0.1) is 5.52 Å². The van der Waals surface area contributed by atoms with E-state index in [2.05, 4.69) is 15.6 Å². The number of anilines is 1. The molecule has 0 amide bonds. The lowest BCUT2D eigenvalue weighted by Crippen LogP contribution is -2.63. The molecule has 20 heavy (non-hydrogen) atoms. The van der Waals surface area contributed by atoms with Crippen molar-refractivity contribution in [3.63, 3.8) is 0 Å². The van der Waals surface area contributed by atoms with E-state index in [4.69, 9.17) is 0 Å². The molecule has 2 aromatic rings. The monoisotopic (exact) mass is 293 g/mol. The zero-order valence-electron chi connectivity index (χ0n) is 11.0. The van der Waals surface area contributed by atoms with Crippen molar-refractivity contribution in [1.29, 1.82) is 0 Å². The van der Waals surface area contributed by atoms with Crippen LogP contribution in [0.5, 0.6) is 0 Å². The van der Waals surface area contributed by atoms with Gasteiger partial charge in [0.15, 0.2) is 0 Å². The lowest BCUT2D eigenvalue weighted by Gasteiger charge is -2.54. The molecule has 2 aliphatic rings. The molecule has 0 unspecified atom stereocenters. The third kappa shape index (κ3) is 2.13. The van der Waals surface area contributed by atoms with Gasteiger partial charge in [0.25, 0.3) is 0 Å². The van der Waals surface area contributed by atoms with Gasteiger partial charge in [-0.3, -0.25) is 4.98 Å². The number of fused-ring (bicyclic) bond motifs is 1. The van der Waals surface area contributed by atoms with E-state index in [1.165, 1.54) is 18.9 Å². The molecule has 1 spiro atoms. The molecule has 2 heterocycles. The van der Waals surface area contributed by atoms with Crippen molar-refractivity contribution in [2.75, 3.05) is 18.4 Å². The van der Waals surface area contributed by atoms with E-state index in [0.717, 1.165) is 29.7 Å². The molecule has 1 aromatic heterocycles. The standard InChI is InChI=1S/C15H16FN3.ClH/c16-10-1-2-13-12(5-10)14(3-4-18-13)19-11-6-15(7-11)8-17-9-15;/h1-5,11,17H,6-9H2,(H,18,19);1H. The van der Waals surface area contributed by atoms with Gasteiger partial charge in [-0.2, -0.15) is 0 Å². The Morgan fingerprint density at radius 1 is 1.25 bits per heavy atom. The van der Waals surface area contributed by atoms with Crippen LogP contribution in [0.4, 0.5) is 10.1 Å². The highest BCUT2D eigenvalue weighted by Crippen LogP contribution is 2.45. The Morgan fingerprint density at radius 3 is 2.75 bits per heavy atom. The summed E-state index contributed by atoms with van der Waals surface area (Å²) in [5.41, 5.74) is 2.38. The first kappa shape index (κ1) is 13.6. The second-order valence-corrected chi connectivity index (χ2v) is 5.87. The first-order valence-electron chi connectivity index (χ1n) is 6.76. The third-order valence-electron chi connectivity index (χ3n) is 4.42. The second kappa shape index (κ2) is 4.86. The van der Waals surface area contributed by atoms with E-state index in [9.17, 15) is 4.39 Å². The Labute approximate surface area is 123 Å². The quantitative estimate of drug-likeness (QED) is 0.894. The molecule has 1 saturated heterocycles. The number of halogens is 2. The lowest BCUT2D eigenvalue weighted by atomic mass is 9.61. The molecule has 5 heteroatoms. The van der Waals surface area contributed by atoms with Gasteiger partial charge in [0.2, 0.25) is 0 Å². The van der Waals surface area contributed by atoms with Gasteiger partial charge in [0, 0.05) is 36.4 Å². The first-order chi connectivity index (χ1) is 9.24. The molecule has 1 aliphatic heterocycles. The van der Waals surface area contributed by atoms with Crippen molar-refractivity contribution in [2.24, 2.45) is 5.41 Å². The zero-order valence-corrected chi connectivity index (χ0v) is 11.8. The second-order valence-electron chi connectivity index (χ2n) is 5.87. The minimum atomic E-state index is -0.211. The van der Waals surface area contributed by atoms with Crippen molar-refractivity contribution < 1.29 is 4.39 Å². The van der Waals surface area contributed by atoms with Crippen LogP contribution in [0, 0.1) is 11.2 Å². The van der Waals surface area contributed by atoms with Crippen LogP contribution in [-0.2, 0) is 0 Å². The van der Waals surface area contributed by atoms with Crippen molar-refractivity contribution in [3.8, 4) is 0 Å². The van der Waals surface area contributed by atoms with Crippen LogP contribution < -0.4 is 10.6 Å². The Morgan fingerprint density at radius 2 is 2.05 bits per heavy atom. The SMILES string of the molecule is Cl.Fc1ccc2nccc(NC3CC4(CNC4)C3)c2c1. The Balaban J connectivity index is 0.00000121. The normalized spacial score (nSPS) is 20.1. The maximum atomic E-state index is 13.4. The van der Waals surface area contributed by atoms with Crippen LogP contribution >= 0.6 is 12.4 Å². The maximum absolute atomic E-state index is 13.4. The highest BCUT2D eigenvalue weighted by atomic mass is 35.5. The lowest BCUT2D eigenvalue weighted by molar-refractivity contribution is 0.0471. The van der Waals surface area contributed by atoms with Crippen LogP contribution in [0.2, 0.25) is 0 Å². The summed E-state index contributed by atoms with van der Waals surface area (Å²) in [7, 11) is 0. The van der Waals surface area contributed by atoms with Gasteiger partial charge >= 0.3 is 0 Å². The predicted molar refractivity (Wildman–Crippen MR) is 80.9 cm³/mol. The Bertz CT molecular complexity index is 634. The van der Waals surface area contributed by atoms with Crippen molar-refractivity contribution >= 4 is 29.0 Å².